The van der Waals surface area contributed by atoms with E-state index in [0.717, 1.165) is 43.7 Å². The van der Waals surface area contributed by atoms with Crippen LogP contribution >= 0.6 is 11.3 Å². The van der Waals surface area contributed by atoms with E-state index in [2.05, 4.69) is 10.3 Å². The third kappa shape index (κ3) is 3.14. The van der Waals surface area contributed by atoms with Crippen LogP contribution < -0.4 is 11.1 Å². The lowest BCUT2D eigenvalue weighted by Crippen LogP contribution is -2.42. The van der Waals surface area contributed by atoms with Gasteiger partial charge in [-0.2, -0.15) is 0 Å². The number of nitrogens with two attached hydrogens (primary N) is 1. The summed E-state index contributed by atoms with van der Waals surface area (Å²) in [7, 11) is 0. The molecule has 1 amide bonds. The molecule has 0 aromatic carbocycles. The van der Waals surface area contributed by atoms with Crippen LogP contribution in [0.5, 0.6) is 0 Å². The molecule has 1 fully saturated rings. The number of amides is 1. The summed E-state index contributed by atoms with van der Waals surface area (Å²) in [5, 5.41) is 3.86. The molecule has 21 heavy (non-hydrogen) atoms. The third-order valence-corrected chi connectivity index (χ3v) is 6.07. The maximum absolute atomic E-state index is 12.8. The van der Waals surface area contributed by atoms with Gasteiger partial charge in [0.05, 0.1) is 11.1 Å². The number of anilines is 1. The second-order valence-corrected chi connectivity index (χ2v) is 7.53. The van der Waals surface area contributed by atoms with Crippen LogP contribution in [0, 0.1) is 5.41 Å². The number of aromatic nitrogens is 1. The van der Waals surface area contributed by atoms with Gasteiger partial charge in [0.15, 0.2) is 5.13 Å². The SMILES string of the molecule is NCC1(C(=O)Nc2nc3c(s2)CCCC3)CCCCCC1. The summed E-state index contributed by atoms with van der Waals surface area (Å²) < 4.78 is 0. The number of aryl methyl sites for hydroxylation is 2. The average Bonchev–Trinajstić information content (AvgIpc) is 2.74. The number of thiazole rings is 1. The van der Waals surface area contributed by atoms with E-state index in [-0.39, 0.29) is 11.3 Å². The van der Waals surface area contributed by atoms with Gasteiger partial charge in [-0.3, -0.25) is 4.79 Å². The molecule has 0 spiro atoms. The molecule has 3 rings (SSSR count). The molecule has 1 aromatic rings. The number of carbonyl (C=O) groups is 1. The highest BCUT2D eigenvalue weighted by atomic mass is 32.1. The van der Waals surface area contributed by atoms with Gasteiger partial charge in [-0.05, 0) is 38.5 Å². The Morgan fingerprint density at radius 3 is 2.52 bits per heavy atom. The van der Waals surface area contributed by atoms with Crippen LogP contribution in [0.15, 0.2) is 0 Å². The van der Waals surface area contributed by atoms with E-state index in [1.54, 1.807) is 11.3 Å². The van der Waals surface area contributed by atoms with Crippen LogP contribution in [-0.4, -0.2) is 17.4 Å². The number of nitrogens with one attached hydrogen (secondary N) is 1. The summed E-state index contributed by atoms with van der Waals surface area (Å²) in [4.78, 5) is 18.7. The van der Waals surface area contributed by atoms with Gasteiger partial charge in [0.25, 0.3) is 0 Å². The molecule has 0 bridgehead atoms. The molecule has 2 aliphatic rings. The standard InChI is InChI=1S/C16H25N3OS/c17-11-16(9-5-1-2-6-10-16)14(20)19-15-18-12-7-3-4-8-13(12)21-15/h1-11,17H2,(H,18,19,20). The van der Waals surface area contributed by atoms with Crippen molar-refractivity contribution in [2.24, 2.45) is 11.1 Å². The normalized spacial score (nSPS) is 21.4. The van der Waals surface area contributed by atoms with Gasteiger partial charge in [0.2, 0.25) is 5.91 Å². The molecule has 4 nitrogen and oxygen atoms in total. The molecule has 3 N–H and O–H groups in total. The zero-order valence-electron chi connectivity index (χ0n) is 12.6. The second kappa shape index (κ2) is 6.44. The number of hydrogen-bond acceptors (Lipinski definition) is 4. The highest BCUT2D eigenvalue weighted by Gasteiger charge is 2.37. The number of fused-ring (bicyclic) bond motifs is 1. The van der Waals surface area contributed by atoms with Crippen molar-refractivity contribution >= 4 is 22.4 Å². The zero-order valence-corrected chi connectivity index (χ0v) is 13.4. The number of hydrogen-bond donors (Lipinski definition) is 2. The van der Waals surface area contributed by atoms with E-state index < -0.39 is 0 Å². The molecule has 1 saturated carbocycles. The zero-order chi connectivity index (χ0) is 14.7. The Balaban J connectivity index is 1.73. The minimum atomic E-state index is -0.372. The van der Waals surface area contributed by atoms with E-state index in [9.17, 15) is 4.79 Å². The van der Waals surface area contributed by atoms with Gasteiger partial charge >= 0.3 is 0 Å². The van der Waals surface area contributed by atoms with Gasteiger partial charge in [-0.1, -0.05) is 25.7 Å². The van der Waals surface area contributed by atoms with Crippen LogP contribution in [0.3, 0.4) is 0 Å². The first-order valence-electron chi connectivity index (χ1n) is 8.24. The quantitative estimate of drug-likeness (QED) is 0.842. The molecule has 0 unspecified atom stereocenters. The lowest BCUT2D eigenvalue weighted by atomic mass is 9.79. The van der Waals surface area contributed by atoms with Crippen LogP contribution in [0.25, 0.3) is 0 Å². The fraction of sp³-hybridized carbons (Fsp3) is 0.750. The molecule has 1 aromatic heterocycles. The Bertz CT molecular complexity index is 480. The Hall–Kier alpha value is -0.940. The number of carbonyl (C=O) groups excluding carboxylic acids is 1. The monoisotopic (exact) mass is 307 g/mol. The highest BCUT2D eigenvalue weighted by Crippen LogP contribution is 2.36. The van der Waals surface area contributed by atoms with E-state index in [4.69, 9.17) is 5.73 Å². The van der Waals surface area contributed by atoms with Gasteiger partial charge in [0, 0.05) is 11.4 Å². The van der Waals surface area contributed by atoms with Crippen LogP contribution in [0.2, 0.25) is 0 Å². The highest BCUT2D eigenvalue weighted by molar-refractivity contribution is 7.15. The lowest BCUT2D eigenvalue weighted by Gasteiger charge is -2.29. The molecular formula is C16H25N3OS. The molecule has 116 valence electrons. The fourth-order valence-electron chi connectivity index (χ4n) is 3.56. The smallest absolute Gasteiger partial charge is 0.233 e. The fourth-order valence-corrected chi connectivity index (χ4v) is 4.61. The summed E-state index contributed by atoms with van der Waals surface area (Å²) in [6.45, 7) is 0.448. The largest absolute Gasteiger partial charge is 0.329 e. The predicted molar refractivity (Wildman–Crippen MR) is 86.6 cm³/mol. The molecule has 0 radical (unpaired) electrons. The third-order valence-electron chi connectivity index (χ3n) is 5.00. The Morgan fingerprint density at radius 2 is 1.86 bits per heavy atom. The van der Waals surface area contributed by atoms with E-state index in [0.29, 0.717) is 6.54 Å². The van der Waals surface area contributed by atoms with Crippen molar-refractivity contribution in [2.45, 2.75) is 64.2 Å². The Labute approximate surface area is 130 Å². The summed E-state index contributed by atoms with van der Waals surface area (Å²) in [6, 6.07) is 0. The first-order valence-corrected chi connectivity index (χ1v) is 9.05. The maximum atomic E-state index is 12.8. The van der Waals surface area contributed by atoms with Crippen LogP contribution in [0.4, 0.5) is 5.13 Å². The van der Waals surface area contributed by atoms with Crippen molar-refractivity contribution in [1.29, 1.82) is 0 Å². The molecule has 2 aliphatic carbocycles. The van der Waals surface area contributed by atoms with Gasteiger partial charge in [0.1, 0.15) is 0 Å². The van der Waals surface area contributed by atoms with Crippen LogP contribution in [0.1, 0.15) is 61.9 Å². The van der Waals surface area contributed by atoms with Gasteiger partial charge in [-0.15, -0.1) is 11.3 Å². The van der Waals surface area contributed by atoms with Crippen LogP contribution in [-0.2, 0) is 17.6 Å². The summed E-state index contributed by atoms with van der Waals surface area (Å²) in [5.74, 6) is 0.0954. The number of nitrogens with zero attached hydrogens (tertiary/aromatic N) is 1. The Morgan fingerprint density at radius 1 is 1.14 bits per heavy atom. The molecule has 5 heteroatoms. The Kier molecular flexibility index (Phi) is 4.60. The van der Waals surface area contributed by atoms with Gasteiger partial charge in [-0.25, -0.2) is 4.98 Å². The summed E-state index contributed by atoms with van der Waals surface area (Å²) in [6.07, 6.45) is 11.1. The minimum absolute atomic E-state index is 0.0954. The second-order valence-electron chi connectivity index (χ2n) is 6.45. The summed E-state index contributed by atoms with van der Waals surface area (Å²) >= 11 is 1.66. The topological polar surface area (TPSA) is 68.0 Å². The van der Waals surface area contributed by atoms with E-state index >= 15 is 0 Å². The predicted octanol–water partition coefficient (Wildman–Crippen LogP) is 3.26. The first-order chi connectivity index (χ1) is 10.2. The van der Waals surface area contributed by atoms with Crippen molar-refractivity contribution in [3.63, 3.8) is 0 Å². The van der Waals surface area contributed by atoms with E-state index in [1.807, 2.05) is 0 Å². The van der Waals surface area contributed by atoms with Crippen molar-refractivity contribution < 1.29 is 4.79 Å². The first kappa shape index (κ1) is 15.0. The molecule has 0 atom stereocenters. The van der Waals surface area contributed by atoms with E-state index in [1.165, 1.54) is 36.3 Å². The minimum Gasteiger partial charge on any atom is -0.329 e. The summed E-state index contributed by atoms with van der Waals surface area (Å²) in [5.41, 5.74) is 6.81. The molecular weight excluding hydrogens is 282 g/mol. The van der Waals surface area contributed by atoms with Crippen molar-refractivity contribution in [3.8, 4) is 0 Å². The molecule has 1 heterocycles. The van der Waals surface area contributed by atoms with Crippen molar-refractivity contribution in [2.75, 3.05) is 11.9 Å². The maximum Gasteiger partial charge on any atom is 0.233 e. The van der Waals surface area contributed by atoms with Crippen molar-refractivity contribution in [3.05, 3.63) is 10.6 Å². The molecule has 0 aliphatic heterocycles. The van der Waals surface area contributed by atoms with Gasteiger partial charge < -0.3 is 11.1 Å². The average molecular weight is 307 g/mol. The lowest BCUT2D eigenvalue weighted by molar-refractivity contribution is -0.125. The number of rotatable bonds is 3. The molecule has 0 saturated heterocycles. The van der Waals surface area contributed by atoms with Crippen molar-refractivity contribution in [1.82, 2.24) is 4.98 Å².